The van der Waals surface area contributed by atoms with E-state index in [0.29, 0.717) is 6.07 Å². The average molecular weight is 482 g/mol. The molecule has 2 N–H and O–H groups in total. The number of rotatable bonds is 3. The molecular weight excluding hydrogens is 466 g/mol. The first-order chi connectivity index (χ1) is 15.8. The Kier molecular flexibility index (Phi) is 4.64. The lowest BCUT2D eigenvalue weighted by Gasteiger charge is -2.30. The summed E-state index contributed by atoms with van der Waals surface area (Å²) in [6.45, 7) is 0. The molecule has 2 heterocycles. The van der Waals surface area contributed by atoms with Crippen molar-refractivity contribution in [1.82, 2.24) is 0 Å². The largest absolute Gasteiger partial charge is 0.417 e. The van der Waals surface area contributed by atoms with Crippen LogP contribution in [0.15, 0.2) is 42.5 Å². The summed E-state index contributed by atoms with van der Waals surface area (Å²) in [5.74, 6) is -0.706. The molecule has 5 rings (SSSR count). The number of hydrogen-bond donors (Lipinski definition) is 2. The Labute approximate surface area is 188 Å². The van der Waals surface area contributed by atoms with Gasteiger partial charge in [0.05, 0.1) is 46.5 Å². The van der Waals surface area contributed by atoms with E-state index < -0.39 is 64.1 Å². The Morgan fingerprint density at radius 1 is 1.12 bits per heavy atom. The summed E-state index contributed by atoms with van der Waals surface area (Å²) in [6.07, 6.45) is -12.0. The summed E-state index contributed by atoms with van der Waals surface area (Å²) in [7, 11) is 0. The third-order valence-corrected chi connectivity index (χ3v) is 7.19. The van der Waals surface area contributed by atoms with Crippen LogP contribution in [0.4, 0.5) is 32.0 Å². The fourth-order valence-corrected chi connectivity index (χ4v) is 5.70. The van der Waals surface area contributed by atoms with Crippen LogP contribution in [-0.4, -0.2) is 29.3 Å². The number of hydrogen-bond acceptors (Lipinski definition) is 4. The van der Waals surface area contributed by atoms with Crippen LogP contribution < -0.4 is 5.32 Å². The maximum Gasteiger partial charge on any atom is 0.417 e. The number of fused-ring (bicyclic) bond motifs is 5. The zero-order valence-corrected chi connectivity index (χ0v) is 17.2. The highest BCUT2D eigenvalue weighted by Gasteiger charge is 2.87. The normalized spacial score (nSPS) is 31.6. The monoisotopic (exact) mass is 482 g/mol. The van der Waals surface area contributed by atoms with E-state index in [-0.39, 0.29) is 24.1 Å². The molecule has 2 saturated heterocycles. The molecule has 1 saturated carbocycles. The highest BCUT2D eigenvalue weighted by atomic mass is 19.4. The fraction of sp³-hybridized carbons (Fsp3) is 0.391. The van der Waals surface area contributed by atoms with E-state index in [1.54, 1.807) is 0 Å². The lowest BCUT2D eigenvalue weighted by molar-refractivity contribution is -0.138. The molecule has 2 bridgehead atoms. The van der Waals surface area contributed by atoms with Crippen molar-refractivity contribution in [3.63, 3.8) is 0 Å². The molecule has 0 unspecified atom stereocenters. The van der Waals surface area contributed by atoms with Gasteiger partial charge in [0, 0.05) is 17.5 Å². The second-order valence-electron chi connectivity index (χ2n) is 8.87. The predicted octanol–water partition coefficient (Wildman–Crippen LogP) is 4.39. The Morgan fingerprint density at radius 2 is 1.85 bits per heavy atom. The minimum Gasteiger partial charge on any atom is -0.390 e. The molecule has 0 aromatic heterocycles. The molecule has 1 aliphatic carbocycles. The number of amides is 1. The number of nitrogens with one attached hydrogen (secondary N) is 1. The first-order valence-corrected chi connectivity index (χ1v) is 10.3. The number of nitrogens with zero attached hydrogens (tertiary/aromatic N) is 1. The number of ether oxygens (including phenoxy) is 1. The van der Waals surface area contributed by atoms with Gasteiger partial charge in [0.15, 0.2) is 0 Å². The molecule has 0 radical (unpaired) electrons. The molecule has 5 nitrogen and oxygen atoms in total. The van der Waals surface area contributed by atoms with E-state index >= 15 is 0 Å². The van der Waals surface area contributed by atoms with Gasteiger partial charge in [-0.2, -0.15) is 31.6 Å². The van der Waals surface area contributed by atoms with Crippen molar-refractivity contribution in [2.45, 2.75) is 48.9 Å². The lowest BCUT2D eigenvalue weighted by atomic mass is 9.73. The van der Waals surface area contributed by atoms with E-state index in [1.165, 1.54) is 18.2 Å². The lowest BCUT2D eigenvalue weighted by Crippen LogP contribution is -2.44. The van der Waals surface area contributed by atoms with Gasteiger partial charge in [0.2, 0.25) is 5.91 Å². The zero-order chi connectivity index (χ0) is 24.7. The summed E-state index contributed by atoms with van der Waals surface area (Å²) < 4.78 is 85.7. The topological polar surface area (TPSA) is 82.4 Å². The van der Waals surface area contributed by atoms with E-state index in [0.717, 1.165) is 24.3 Å². The number of anilines is 1. The van der Waals surface area contributed by atoms with Gasteiger partial charge in [0.1, 0.15) is 0 Å². The Bertz CT molecular complexity index is 1240. The van der Waals surface area contributed by atoms with Gasteiger partial charge in [-0.25, -0.2) is 0 Å². The van der Waals surface area contributed by atoms with Crippen molar-refractivity contribution < 1.29 is 41.0 Å². The molecule has 178 valence electrons. The Hall–Kier alpha value is -3.10. The summed E-state index contributed by atoms with van der Waals surface area (Å²) in [5, 5.41) is 21.8. The smallest absolute Gasteiger partial charge is 0.390 e. The van der Waals surface area contributed by atoms with Gasteiger partial charge >= 0.3 is 12.4 Å². The summed E-state index contributed by atoms with van der Waals surface area (Å²) in [4.78, 5) is 13.4. The summed E-state index contributed by atoms with van der Waals surface area (Å²) in [6, 6.07) is 8.65. The van der Waals surface area contributed by atoms with Crippen LogP contribution >= 0.6 is 0 Å². The molecule has 2 aliphatic heterocycles. The van der Waals surface area contributed by atoms with E-state index in [9.17, 15) is 36.2 Å². The molecule has 5 atom stereocenters. The van der Waals surface area contributed by atoms with Crippen LogP contribution in [0.2, 0.25) is 0 Å². The number of halogens is 6. The minimum atomic E-state index is -4.83. The van der Waals surface area contributed by atoms with E-state index in [1.807, 2.05) is 0 Å². The van der Waals surface area contributed by atoms with Crippen molar-refractivity contribution in [2.75, 3.05) is 5.32 Å². The standard InChI is InChI=1S/C23H16F6N2O3/c24-22(25,26)13-3-1-2-12(6-13)20-10-21(20,17-8-16(32)18(20)34-17)19(33)31-14-5-4-11(9-30)15(7-14)23(27,28)29/h1-7,16-18,32H,8,10H2,(H,31,33)/t16-,17+,18-,20+,21+/m0/s1. The van der Waals surface area contributed by atoms with Crippen LogP contribution in [0.3, 0.4) is 0 Å². The van der Waals surface area contributed by atoms with Crippen molar-refractivity contribution in [3.8, 4) is 6.07 Å². The number of aliphatic hydroxyl groups excluding tert-OH is 1. The van der Waals surface area contributed by atoms with Crippen LogP contribution in [0.5, 0.6) is 0 Å². The number of alkyl halides is 6. The van der Waals surface area contributed by atoms with E-state index in [2.05, 4.69) is 5.32 Å². The molecule has 2 aromatic carbocycles. The fourth-order valence-electron chi connectivity index (χ4n) is 5.70. The number of aliphatic hydroxyl groups is 1. The molecule has 34 heavy (non-hydrogen) atoms. The number of carbonyl (C=O) groups excluding carboxylic acids is 1. The second-order valence-corrected chi connectivity index (χ2v) is 8.87. The molecule has 11 heteroatoms. The molecular formula is C23H16F6N2O3. The van der Waals surface area contributed by atoms with Crippen molar-refractivity contribution >= 4 is 11.6 Å². The van der Waals surface area contributed by atoms with Gasteiger partial charge in [-0.15, -0.1) is 0 Å². The van der Waals surface area contributed by atoms with Gasteiger partial charge in [-0.3, -0.25) is 4.79 Å². The number of benzene rings is 2. The highest BCUT2D eigenvalue weighted by molar-refractivity contribution is 6.01. The predicted molar refractivity (Wildman–Crippen MR) is 104 cm³/mol. The second kappa shape index (κ2) is 6.96. The average Bonchev–Trinajstić information content (AvgIpc) is 3.26. The quantitative estimate of drug-likeness (QED) is 0.636. The third-order valence-electron chi connectivity index (χ3n) is 7.19. The van der Waals surface area contributed by atoms with E-state index in [4.69, 9.17) is 10.00 Å². The van der Waals surface area contributed by atoms with Gasteiger partial charge in [-0.1, -0.05) is 18.2 Å². The zero-order valence-electron chi connectivity index (χ0n) is 17.2. The summed E-state index contributed by atoms with van der Waals surface area (Å²) >= 11 is 0. The first-order valence-electron chi connectivity index (χ1n) is 10.3. The Morgan fingerprint density at radius 3 is 2.50 bits per heavy atom. The maximum atomic E-state index is 13.4. The van der Waals surface area contributed by atoms with Crippen LogP contribution in [0, 0.1) is 16.7 Å². The molecule has 3 fully saturated rings. The van der Waals surface area contributed by atoms with Gasteiger partial charge in [0.25, 0.3) is 0 Å². The molecule has 0 spiro atoms. The van der Waals surface area contributed by atoms with Crippen LogP contribution in [-0.2, 0) is 27.3 Å². The van der Waals surface area contributed by atoms with Crippen LogP contribution in [0.25, 0.3) is 0 Å². The highest BCUT2D eigenvalue weighted by Crippen LogP contribution is 2.77. The van der Waals surface area contributed by atoms with Crippen molar-refractivity contribution in [3.05, 3.63) is 64.7 Å². The molecule has 3 aliphatic rings. The number of nitriles is 1. The molecule has 1 amide bonds. The van der Waals surface area contributed by atoms with Gasteiger partial charge in [-0.05, 0) is 36.2 Å². The SMILES string of the molecule is N#Cc1ccc(NC(=O)[C@]23C[C@@]2(c2cccc(C(F)(F)F)c2)[C@H]2O[C@@H]3C[C@@H]2O)cc1C(F)(F)F. The summed E-state index contributed by atoms with van der Waals surface area (Å²) in [5.41, 5.74) is -5.35. The number of carbonyl (C=O) groups is 1. The van der Waals surface area contributed by atoms with Crippen LogP contribution in [0.1, 0.15) is 35.1 Å². The van der Waals surface area contributed by atoms with Crippen molar-refractivity contribution in [2.24, 2.45) is 5.41 Å². The molecule has 2 aromatic rings. The first kappa shape index (κ1) is 22.7. The van der Waals surface area contributed by atoms with Gasteiger partial charge < -0.3 is 15.2 Å². The Balaban J connectivity index is 1.52. The maximum absolute atomic E-state index is 13.4. The third kappa shape index (κ3) is 2.98. The van der Waals surface area contributed by atoms with Crippen molar-refractivity contribution in [1.29, 1.82) is 5.26 Å². The minimum absolute atomic E-state index is 0.0833.